The first-order valence-electron chi connectivity index (χ1n) is 3.06. The summed E-state index contributed by atoms with van der Waals surface area (Å²) in [6.07, 6.45) is -0.0864. The highest BCUT2D eigenvalue weighted by molar-refractivity contribution is 5.64. The van der Waals surface area contributed by atoms with Gasteiger partial charge in [0.15, 0.2) is 0 Å². The number of nitrogens with zero attached hydrogens (tertiary/aromatic N) is 1. The zero-order chi connectivity index (χ0) is 8.20. The van der Waals surface area contributed by atoms with Gasteiger partial charge in [0, 0.05) is 12.4 Å². The zero-order valence-electron chi connectivity index (χ0n) is 6.26. The molecule has 0 unspecified atom stereocenters. The number of hydrogen-bond donors (Lipinski definition) is 0. The first-order chi connectivity index (χ1) is 4.48. The third-order valence-electron chi connectivity index (χ3n) is 1.24. The van der Waals surface area contributed by atoms with Gasteiger partial charge in [-0.05, 0) is 0 Å². The molecule has 0 radical (unpaired) electrons. The Kier molecular flexibility index (Phi) is 3.28. The fraction of sp³-hybridized carbons (Fsp3) is 0.833. The van der Waals surface area contributed by atoms with E-state index < -0.39 is 12.8 Å². The van der Waals surface area contributed by atoms with Gasteiger partial charge < -0.3 is 14.4 Å². The van der Waals surface area contributed by atoms with Crippen molar-refractivity contribution in [3.63, 3.8) is 0 Å². The van der Waals surface area contributed by atoms with Crippen LogP contribution in [0, 0.1) is 0 Å². The van der Waals surface area contributed by atoms with Gasteiger partial charge in [0.05, 0.1) is 20.6 Å². The third-order valence-corrected chi connectivity index (χ3v) is 1.24. The van der Waals surface area contributed by atoms with Gasteiger partial charge in [-0.3, -0.25) is 0 Å². The van der Waals surface area contributed by atoms with Crippen LogP contribution in [-0.2, 0) is 4.79 Å². The van der Waals surface area contributed by atoms with Gasteiger partial charge in [-0.1, -0.05) is 0 Å². The van der Waals surface area contributed by atoms with Gasteiger partial charge in [-0.25, -0.2) is 0 Å². The number of alkyl halides is 1. The van der Waals surface area contributed by atoms with E-state index in [1.807, 2.05) is 0 Å². The van der Waals surface area contributed by atoms with Crippen molar-refractivity contribution >= 4 is 5.97 Å². The number of quaternary nitrogens is 1. The predicted molar refractivity (Wildman–Crippen MR) is 32.6 cm³/mol. The summed E-state index contributed by atoms with van der Waals surface area (Å²) >= 11 is 0. The number of carbonyl (C=O) groups excluding carboxylic acids is 1. The third kappa shape index (κ3) is 4.26. The van der Waals surface area contributed by atoms with Gasteiger partial charge in [0.2, 0.25) is 6.80 Å². The lowest BCUT2D eigenvalue weighted by atomic mass is 10.4. The minimum absolute atomic E-state index is 0.0774. The number of carbonyl (C=O) groups is 1. The van der Waals surface area contributed by atoms with Crippen molar-refractivity contribution in [1.29, 1.82) is 0 Å². The van der Waals surface area contributed by atoms with E-state index in [4.69, 9.17) is 0 Å². The highest BCUT2D eigenvalue weighted by Crippen LogP contribution is 1.97. The number of hydrogen-bond acceptors (Lipinski definition) is 2. The van der Waals surface area contributed by atoms with Crippen molar-refractivity contribution in [2.75, 3.05) is 27.4 Å². The summed E-state index contributed by atoms with van der Waals surface area (Å²) in [7, 11) is 3.26. The standard InChI is InChI=1S/C6H12FNO2/c1-8(2,5-7)4-3-6(9)10/h3-5H2,1-2H3. The Morgan fingerprint density at radius 1 is 1.60 bits per heavy atom. The summed E-state index contributed by atoms with van der Waals surface area (Å²) in [4.78, 5) is 9.92. The fourth-order valence-corrected chi connectivity index (χ4v) is 0.454. The predicted octanol–water partition coefficient (Wildman–Crippen LogP) is -0.870. The molecule has 0 aliphatic carbocycles. The van der Waals surface area contributed by atoms with Crippen molar-refractivity contribution in [2.24, 2.45) is 0 Å². The average Bonchev–Trinajstić information content (AvgIpc) is 1.85. The molecular weight excluding hydrogens is 137 g/mol. The van der Waals surface area contributed by atoms with Crippen LogP contribution in [0.3, 0.4) is 0 Å². The van der Waals surface area contributed by atoms with Crippen molar-refractivity contribution < 1.29 is 18.8 Å². The molecule has 0 rings (SSSR count). The first kappa shape index (κ1) is 9.36. The Bertz CT molecular complexity index is 125. The molecule has 0 saturated carbocycles. The second-order valence-corrected chi connectivity index (χ2v) is 2.90. The van der Waals surface area contributed by atoms with Crippen LogP contribution in [0.5, 0.6) is 0 Å². The van der Waals surface area contributed by atoms with Crippen LogP contribution in [0.15, 0.2) is 0 Å². The van der Waals surface area contributed by atoms with Gasteiger partial charge in [-0.2, -0.15) is 4.39 Å². The molecule has 0 bridgehead atoms. The van der Waals surface area contributed by atoms with Crippen LogP contribution < -0.4 is 5.11 Å². The molecule has 0 aliphatic rings. The molecule has 0 aromatic heterocycles. The van der Waals surface area contributed by atoms with E-state index >= 15 is 0 Å². The van der Waals surface area contributed by atoms with Crippen molar-refractivity contribution in [3.8, 4) is 0 Å². The molecule has 0 aromatic carbocycles. The Morgan fingerprint density at radius 2 is 2.10 bits per heavy atom. The smallest absolute Gasteiger partial charge is 0.221 e. The summed E-state index contributed by atoms with van der Waals surface area (Å²) in [5.74, 6) is -1.13. The van der Waals surface area contributed by atoms with Crippen LogP contribution in [0.1, 0.15) is 6.42 Å². The van der Waals surface area contributed by atoms with Gasteiger partial charge in [0.25, 0.3) is 0 Å². The van der Waals surface area contributed by atoms with Crippen LogP contribution in [0.25, 0.3) is 0 Å². The molecule has 0 N–H and O–H groups in total. The zero-order valence-corrected chi connectivity index (χ0v) is 6.26. The van der Waals surface area contributed by atoms with Crippen molar-refractivity contribution in [2.45, 2.75) is 6.42 Å². The van der Waals surface area contributed by atoms with E-state index in [2.05, 4.69) is 0 Å². The molecule has 0 atom stereocenters. The molecule has 0 saturated heterocycles. The van der Waals surface area contributed by atoms with Crippen LogP contribution in [0.4, 0.5) is 4.39 Å². The molecule has 10 heavy (non-hydrogen) atoms. The lowest BCUT2D eigenvalue weighted by Crippen LogP contribution is -2.42. The summed E-state index contributed by atoms with van der Waals surface area (Å²) in [6.45, 7) is -0.272. The molecule has 0 aromatic rings. The second kappa shape index (κ2) is 3.51. The normalized spacial score (nSPS) is 11.5. The summed E-state index contributed by atoms with van der Waals surface area (Å²) in [6, 6.07) is 0. The number of rotatable bonds is 4. The monoisotopic (exact) mass is 149 g/mol. The van der Waals surface area contributed by atoms with Crippen LogP contribution >= 0.6 is 0 Å². The first-order valence-corrected chi connectivity index (χ1v) is 3.06. The Hall–Kier alpha value is -0.640. The molecule has 0 fully saturated rings. The highest BCUT2D eigenvalue weighted by atomic mass is 19.1. The van der Waals surface area contributed by atoms with Crippen LogP contribution in [-0.4, -0.2) is 37.9 Å². The lowest BCUT2D eigenvalue weighted by Gasteiger charge is -2.25. The largest absolute Gasteiger partial charge is 0.550 e. The second-order valence-electron chi connectivity index (χ2n) is 2.90. The van der Waals surface area contributed by atoms with Crippen LogP contribution in [0.2, 0.25) is 0 Å². The number of carboxylic acid groups (broad SMARTS) is 1. The van der Waals surface area contributed by atoms with Crippen molar-refractivity contribution in [1.82, 2.24) is 0 Å². The minimum atomic E-state index is -1.13. The molecule has 0 heterocycles. The van der Waals surface area contributed by atoms with Gasteiger partial charge in [-0.15, -0.1) is 0 Å². The molecular formula is C6H12FNO2. The number of carboxylic acids is 1. The van der Waals surface area contributed by atoms with Crippen molar-refractivity contribution in [3.05, 3.63) is 0 Å². The van der Waals surface area contributed by atoms with Gasteiger partial charge in [0.1, 0.15) is 0 Å². The van der Waals surface area contributed by atoms with E-state index in [1.54, 1.807) is 14.1 Å². The molecule has 0 spiro atoms. The molecule has 4 heteroatoms. The minimum Gasteiger partial charge on any atom is -0.550 e. The van der Waals surface area contributed by atoms with E-state index in [-0.39, 0.29) is 17.4 Å². The van der Waals surface area contributed by atoms with E-state index in [9.17, 15) is 14.3 Å². The molecule has 60 valence electrons. The maximum atomic E-state index is 12.0. The lowest BCUT2D eigenvalue weighted by molar-refractivity contribution is -0.902. The molecule has 0 aliphatic heterocycles. The van der Waals surface area contributed by atoms with Gasteiger partial charge >= 0.3 is 0 Å². The number of aliphatic carboxylic acids is 1. The summed E-state index contributed by atoms with van der Waals surface area (Å²) in [5.41, 5.74) is 0. The molecule has 3 nitrogen and oxygen atoms in total. The Labute approximate surface area is 59.7 Å². The Balaban J connectivity index is 3.56. The highest BCUT2D eigenvalue weighted by Gasteiger charge is 2.12. The summed E-state index contributed by atoms with van der Waals surface area (Å²) < 4.78 is 12.1. The summed E-state index contributed by atoms with van der Waals surface area (Å²) in [5, 5.41) is 9.92. The van der Waals surface area contributed by atoms with E-state index in [0.29, 0.717) is 0 Å². The average molecular weight is 149 g/mol. The topological polar surface area (TPSA) is 40.1 Å². The Morgan fingerprint density at radius 3 is 2.40 bits per heavy atom. The number of halogens is 1. The van der Waals surface area contributed by atoms with E-state index in [0.717, 1.165) is 0 Å². The maximum absolute atomic E-state index is 12.0. The SMILES string of the molecule is C[N+](C)(CF)CCC(=O)[O-]. The fourth-order valence-electron chi connectivity index (χ4n) is 0.454. The quantitative estimate of drug-likeness (QED) is 0.385. The van der Waals surface area contributed by atoms with E-state index in [1.165, 1.54) is 0 Å². The maximum Gasteiger partial charge on any atom is 0.221 e. The molecule has 0 amide bonds.